The van der Waals surface area contributed by atoms with Crippen LogP contribution in [0.1, 0.15) is 30.6 Å². The van der Waals surface area contributed by atoms with Crippen molar-refractivity contribution in [1.82, 2.24) is 0 Å². The van der Waals surface area contributed by atoms with Crippen LogP contribution in [-0.2, 0) is 14.6 Å². The van der Waals surface area contributed by atoms with E-state index in [2.05, 4.69) is 10.6 Å². The Morgan fingerprint density at radius 2 is 1.81 bits per heavy atom. The van der Waals surface area contributed by atoms with E-state index in [9.17, 15) is 18.0 Å². The number of anilines is 2. The number of hydrogen-bond donors (Lipinski definition) is 2. The molecule has 2 aromatic rings. The standard InChI is InChI=1S/C19H21ClN2O4S/c1-4-12(2)18(23)21-14-8-9-17(16(20)11-14)22-19(24)13-6-5-7-15(10-13)27(3,25)26/h5-12H,4H2,1-3H3,(H,21,23)(H,22,24). The Balaban J connectivity index is 2.16. The highest BCUT2D eigenvalue weighted by Gasteiger charge is 2.14. The minimum atomic E-state index is -3.41. The van der Waals surface area contributed by atoms with Crippen LogP contribution in [-0.4, -0.2) is 26.5 Å². The number of carbonyl (C=O) groups is 2. The maximum atomic E-state index is 12.4. The van der Waals surface area contributed by atoms with Crippen molar-refractivity contribution in [3.8, 4) is 0 Å². The summed E-state index contributed by atoms with van der Waals surface area (Å²) in [6.45, 7) is 3.75. The van der Waals surface area contributed by atoms with Crippen LogP contribution in [0.5, 0.6) is 0 Å². The van der Waals surface area contributed by atoms with E-state index in [-0.39, 0.29) is 27.3 Å². The highest BCUT2D eigenvalue weighted by molar-refractivity contribution is 7.90. The molecule has 0 aromatic heterocycles. The molecule has 0 heterocycles. The van der Waals surface area contributed by atoms with Crippen molar-refractivity contribution in [3.05, 3.63) is 53.1 Å². The van der Waals surface area contributed by atoms with Gasteiger partial charge in [0.25, 0.3) is 5.91 Å². The number of carbonyl (C=O) groups excluding carboxylic acids is 2. The molecule has 0 aliphatic rings. The summed E-state index contributed by atoms with van der Waals surface area (Å²) < 4.78 is 23.3. The van der Waals surface area contributed by atoms with Gasteiger partial charge in [0.05, 0.1) is 15.6 Å². The van der Waals surface area contributed by atoms with Gasteiger partial charge in [-0.2, -0.15) is 0 Å². The molecule has 0 spiro atoms. The minimum absolute atomic E-state index is 0.0596. The Labute approximate surface area is 163 Å². The summed E-state index contributed by atoms with van der Waals surface area (Å²) in [5.41, 5.74) is 1.08. The number of amides is 2. The van der Waals surface area contributed by atoms with Gasteiger partial charge in [0, 0.05) is 23.4 Å². The number of sulfone groups is 1. The molecule has 2 aromatic carbocycles. The van der Waals surface area contributed by atoms with E-state index < -0.39 is 15.7 Å². The lowest BCUT2D eigenvalue weighted by Crippen LogP contribution is -2.19. The van der Waals surface area contributed by atoms with E-state index >= 15 is 0 Å². The van der Waals surface area contributed by atoms with E-state index in [1.165, 1.54) is 24.3 Å². The Bertz CT molecular complexity index is 973. The largest absolute Gasteiger partial charge is 0.326 e. The van der Waals surface area contributed by atoms with Gasteiger partial charge < -0.3 is 10.6 Å². The average Bonchev–Trinajstić information content (AvgIpc) is 2.62. The van der Waals surface area contributed by atoms with Gasteiger partial charge in [-0.25, -0.2) is 8.42 Å². The first-order valence-corrected chi connectivity index (χ1v) is 10.6. The topological polar surface area (TPSA) is 92.3 Å². The molecule has 1 atom stereocenters. The molecule has 0 bridgehead atoms. The lowest BCUT2D eigenvalue weighted by atomic mass is 10.1. The minimum Gasteiger partial charge on any atom is -0.326 e. The molecule has 0 radical (unpaired) electrons. The van der Waals surface area contributed by atoms with Crippen molar-refractivity contribution in [3.63, 3.8) is 0 Å². The van der Waals surface area contributed by atoms with Gasteiger partial charge in [-0.1, -0.05) is 31.5 Å². The smallest absolute Gasteiger partial charge is 0.255 e. The molecule has 8 heteroatoms. The van der Waals surface area contributed by atoms with Crippen LogP contribution in [0.3, 0.4) is 0 Å². The van der Waals surface area contributed by atoms with Crippen LogP contribution < -0.4 is 10.6 Å². The van der Waals surface area contributed by atoms with Crippen LogP contribution >= 0.6 is 11.6 Å². The molecule has 0 aliphatic heterocycles. The first kappa shape index (κ1) is 20.9. The van der Waals surface area contributed by atoms with E-state index in [1.807, 2.05) is 13.8 Å². The van der Waals surface area contributed by atoms with Crippen molar-refractivity contribution in [1.29, 1.82) is 0 Å². The molecule has 1 unspecified atom stereocenters. The molecule has 144 valence electrons. The summed E-state index contributed by atoms with van der Waals surface area (Å²) >= 11 is 6.20. The third-order valence-electron chi connectivity index (χ3n) is 4.07. The highest BCUT2D eigenvalue weighted by Crippen LogP contribution is 2.26. The van der Waals surface area contributed by atoms with E-state index in [0.717, 1.165) is 12.7 Å². The van der Waals surface area contributed by atoms with Gasteiger partial charge >= 0.3 is 0 Å². The molecule has 0 saturated carbocycles. The Morgan fingerprint density at radius 1 is 1.11 bits per heavy atom. The molecular formula is C19H21ClN2O4S. The van der Waals surface area contributed by atoms with Gasteiger partial charge in [-0.15, -0.1) is 0 Å². The van der Waals surface area contributed by atoms with Crippen LogP contribution in [0.2, 0.25) is 5.02 Å². The van der Waals surface area contributed by atoms with Crippen molar-refractivity contribution in [2.45, 2.75) is 25.2 Å². The molecule has 2 N–H and O–H groups in total. The van der Waals surface area contributed by atoms with Gasteiger partial charge in [0.2, 0.25) is 5.91 Å². The van der Waals surface area contributed by atoms with E-state index in [0.29, 0.717) is 11.4 Å². The summed E-state index contributed by atoms with van der Waals surface area (Å²) in [5.74, 6) is -0.716. The molecule has 0 saturated heterocycles. The summed E-state index contributed by atoms with van der Waals surface area (Å²) in [7, 11) is -3.41. The summed E-state index contributed by atoms with van der Waals surface area (Å²) in [6, 6.07) is 10.5. The molecule has 27 heavy (non-hydrogen) atoms. The van der Waals surface area contributed by atoms with Crippen molar-refractivity contribution < 1.29 is 18.0 Å². The van der Waals surface area contributed by atoms with Crippen molar-refractivity contribution in [2.24, 2.45) is 5.92 Å². The quantitative estimate of drug-likeness (QED) is 0.756. The number of benzene rings is 2. The first-order chi connectivity index (χ1) is 12.6. The van der Waals surface area contributed by atoms with Crippen molar-refractivity contribution in [2.75, 3.05) is 16.9 Å². The zero-order chi connectivity index (χ0) is 20.2. The maximum Gasteiger partial charge on any atom is 0.255 e. The Morgan fingerprint density at radius 3 is 2.41 bits per heavy atom. The number of nitrogens with one attached hydrogen (secondary N) is 2. The van der Waals surface area contributed by atoms with Crippen LogP contribution in [0, 0.1) is 5.92 Å². The zero-order valence-corrected chi connectivity index (χ0v) is 16.8. The fraction of sp³-hybridized carbons (Fsp3) is 0.263. The summed E-state index contributed by atoms with van der Waals surface area (Å²) in [5, 5.41) is 5.66. The van der Waals surface area contributed by atoms with Crippen LogP contribution in [0.15, 0.2) is 47.4 Å². The predicted octanol–water partition coefficient (Wildman–Crippen LogP) is 3.98. The molecule has 0 aliphatic carbocycles. The second kappa shape index (κ2) is 8.54. The summed E-state index contributed by atoms with van der Waals surface area (Å²) in [6.07, 6.45) is 1.80. The Hall–Kier alpha value is -2.38. The molecular weight excluding hydrogens is 388 g/mol. The normalized spacial score (nSPS) is 12.3. The zero-order valence-electron chi connectivity index (χ0n) is 15.2. The molecule has 6 nitrogen and oxygen atoms in total. The average molecular weight is 409 g/mol. The second-order valence-electron chi connectivity index (χ2n) is 6.25. The number of halogens is 1. The number of hydrogen-bond acceptors (Lipinski definition) is 4. The predicted molar refractivity (Wildman–Crippen MR) is 107 cm³/mol. The second-order valence-corrected chi connectivity index (χ2v) is 8.67. The summed E-state index contributed by atoms with van der Waals surface area (Å²) in [4.78, 5) is 24.4. The lowest BCUT2D eigenvalue weighted by Gasteiger charge is -2.12. The first-order valence-electron chi connectivity index (χ1n) is 8.33. The SMILES string of the molecule is CCC(C)C(=O)Nc1ccc(NC(=O)c2cccc(S(C)(=O)=O)c2)c(Cl)c1. The van der Waals surface area contributed by atoms with E-state index in [1.54, 1.807) is 18.2 Å². The lowest BCUT2D eigenvalue weighted by molar-refractivity contribution is -0.119. The fourth-order valence-corrected chi connectivity index (χ4v) is 3.10. The third kappa shape index (κ3) is 5.55. The van der Waals surface area contributed by atoms with Gasteiger partial charge in [-0.05, 0) is 42.8 Å². The molecule has 2 amide bonds. The van der Waals surface area contributed by atoms with Gasteiger partial charge in [-0.3, -0.25) is 9.59 Å². The van der Waals surface area contributed by atoms with Gasteiger partial charge in [0.1, 0.15) is 0 Å². The highest BCUT2D eigenvalue weighted by atomic mass is 35.5. The van der Waals surface area contributed by atoms with E-state index in [4.69, 9.17) is 11.6 Å². The van der Waals surface area contributed by atoms with Crippen molar-refractivity contribution >= 4 is 44.6 Å². The van der Waals surface area contributed by atoms with Gasteiger partial charge in [0.15, 0.2) is 9.84 Å². The van der Waals surface area contributed by atoms with Crippen LogP contribution in [0.25, 0.3) is 0 Å². The number of rotatable bonds is 6. The third-order valence-corrected chi connectivity index (χ3v) is 5.49. The monoisotopic (exact) mass is 408 g/mol. The maximum absolute atomic E-state index is 12.4. The molecule has 2 rings (SSSR count). The molecule has 0 fully saturated rings. The fourth-order valence-electron chi connectivity index (χ4n) is 2.21. The Kier molecular flexibility index (Phi) is 6.62. The van der Waals surface area contributed by atoms with Crippen LogP contribution in [0.4, 0.5) is 11.4 Å².